The van der Waals surface area contributed by atoms with Crippen LogP contribution in [0.3, 0.4) is 0 Å². The zero-order valence-corrected chi connectivity index (χ0v) is 31.9. The summed E-state index contributed by atoms with van der Waals surface area (Å²) in [5.74, 6) is -0.141. The van der Waals surface area contributed by atoms with Gasteiger partial charge in [0.2, 0.25) is 23.6 Å². The first-order valence-electron chi connectivity index (χ1n) is 18.3. The summed E-state index contributed by atoms with van der Waals surface area (Å²) in [6.45, 7) is 15.3. The molecule has 0 aliphatic carbocycles. The zero-order chi connectivity index (χ0) is 38.8. The number of aromatic nitrogens is 2. The molecular formula is C41H55N7O5. The topological polar surface area (TPSA) is 171 Å². The number of phenols is 1. The predicted octanol–water partition coefficient (Wildman–Crippen LogP) is 5.49. The van der Waals surface area contributed by atoms with Gasteiger partial charge in [0.05, 0.1) is 6.54 Å². The molecule has 0 atom stereocenters. The second kappa shape index (κ2) is 18.1. The fraction of sp³-hybridized carbons (Fsp3) is 0.463. The summed E-state index contributed by atoms with van der Waals surface area (Å²) in [6.07, 6.45) is 12.8. The lowest BCUT2D eigenvalue weighted by atomic mass is 9.78. The third kappa shape index (κ3) is 12.2. The van der Waals surface area contributed by atoms with Crippen molar-refractivity contribution in [2.45, 2.75) is 78.1 Å². The Hall–Kier alpha value is -5.10. The predicted molar refractivity (Wildman–Crippen MR) is 208 cm³/mol. The van der Waals surface area contributed by atoms with Gasteiger partial charge in [-0.3, -0.25) is 34.0 Å². The Bertz CT molecular complexity index is 1700. The summed E-state index contributed by atoms with van der Waals surface area (Å²) in [7, 11) is 0. The molecule has 2 saturated heterocycles. The van der Waals surface area contributed by atoms with Gasteiger partial charge in [-0.2, -0.15) is 0 Å². The summed E-state index contributed by atoms with van der Waals surface area (Å²) in [4.78, 5) is 59.9. The van der Waals surface area contributed by atoms with Crippen LogP contribution in [0.15, 0.2) is 67.3 Å². The average molecular weight is 726 g/mol. The Morgan fingerprint density at radius 1 is 0.755 bits per heavy atom. The van der Waals surface area contributed by atoms with E-state index in [4.69, 9.17) is 5.73 Å². The molecule has 5 N–H and O–H groups in total. The maximum Gasteiger partial charge on any atom is 0.246 e. The first-order valence-corrected chi connectivity index (χ1v) is 18.3. The van der Waals surface area contributed by atoms with E-state index in [1.165, 1.54) is 0 Å². The number of nitrogens with two attached hydrogens (primary N) is 1. The highest BCUT2D eigenvalue weighted by Gasteiger charge is 2.29. The minimum absolute atomic E-state index is 0.00251. The molecule has 12 nitrogen and oxygen atoms in total. The lowest BCUT2D eigenvalue weighted by Gasteiger charge is -2.30. The number of likely N-dealkylation sites (tertiary alicyclic amines) is 2. The van der Waals surface area contributed by atoms with Crippen LogP contribution in [-0.2, 0) is 30.0 Å². The van der Waals surface area contributed by atoms with Crippen molar-refractivity contribution >= 4 is 41.1 Å². The van der Waals surface area contributed by atoms with Gasteiger partial charge in [0.1, 0.15) is 5.75 Å². The Balaban J connectivity index is 0.000000278. The number of anilines is 2. The number of primary amides is 1. The number of carbonyl (C=O) groups is 4. The van der Waals surface area contributed by atoms with E-state index >= 15 is 0 Å². The third-order valence-corrected chi connectivity index (χ3v) is 9.58. The molecule has 4 heterocycles. The highest BCUT2D eigenvalue weighted by molar-refractivity contribution is 5.94. The highest BCUT2D eigenvalue weighted by atomic mass is 16.3. The molecule has 0 radical (unpaired) electrons. The van der Waals surface area contributed by atoms with Gasteiger partial charge in [-0.25, -0.2) is 0 Å². The van der Waals surface area contributed by atoms with E-state index < -0.39 is 0 Å². The van der Waals surface area contributed by atoms with Crippen molar-refractivity contribution in [1.29, 1.82) is 0 Å². The van der Waals surface area contributed by atoms with Gasteiger partial charge < -0.3 is 26.4 Å². The normalized spacial score (nSPS) is 16.1. The number of carbonyl (C=O) groups excluding carboxylic acids is 4. The minimum atomic E-state index is -0.320. The molecule has 4 amide bonds. The second-order valence-electron chi connectivity index (χ2n) is 15.9. The molecule has 5 rings (SSSR count). The Labute approximate surface area is 313 Å². The number of piperidine rings is 2. The van der Waals surface area contributed by atoms with E-state index in [0.29, 0.717) is 31.7 Å². The van der Waals surface area contributed by atoms with E-state index in [1.807, 2.05) is 23.1 Å². The maximum absolute atomic E-state index is 12.9. The van der Waals surface area contributed by atoms with Gasteiger partial charge in [0.15, 0.2) is 0 Å². The van der Waals surface area contributed by atoms with Crippen LogP contribution in [0.1, 0.15) is 83.9 Å². The summed E-state index contributed by atoms with van der Waals surface area (Å²) in [5, 5.41) is 16.7. The van der Waals surface area contributed by atoms with E-state index in [9.17, 15) is 24.3 Å². The summed E-state index contributed by atoms with van der Waals surface area (Å²) < 4.78 is 0. The molecule has 2 aliphatic rings. The second-order valence-corrected chi connectivity index (χ2v) is 15.9. The number of hydrogen-bond acceptors (Lipinski definition) is 8. The van der Waals surface area contributed by atoms with Gasteiger partial charge in [-0.05, 0) is 97.6 Å². The molecular weight excluding hydrogens is 670 g/mol. The number of nitrogens with one attached hydrogen (secondary N) is 2. The van der Waals surface area contributed by atoms with Crippen molar-refractivity contribution in [2.24, 2.45) is 17.6 Å². The molecule has 2 aromatic heterocycles. The molecule has 2 aliphatic heterocycles. The van der Waals surface area contributed by atoms with Crippen molar-refractivity contribution in [1.82, 2.24) is 19.8 Å². The lowest BCUT2D eigenvalue weighted by Crippen LogP contribution is -2.42. The van der Waals surface area contributed by atoms with Gasteiger partial charge in [0, 0.05) is 78.3 Å². The van der Waals surface area contributed by atoms with Crippen molar-refractivity contribution in [3.8, 4) is 5.75 Å². The average Bonchev–Trinajstić information content (AvgIpc) is 3.11. The number of pyridine rings is 2. The fourth-order valence-corrected chi connectivity index (χ4v) is 6.46. The van der Waals surface area contributed by atoms with Crippen LogP contribution in [0.25, 0.3) is 6.08 Å². The Morgan fingerprint density at radius 3 is 1.57 bits per heavy atom. The van der Waals surface area contributed by atoms with Crippen molar-refractivity contribution in [3.63, 3.8) is 0 Å². The number of hydrogen-bond donors (Lipinski definition) is 4. The number of aromatic hydroxyl groups is 1. The molecule has 12 heteroatoms. The smallest absolute Gasteiger partial charge is 0.246 e. The molecule has 0 unspecified atom stereocenters. The van der Waals surface area contributed by atoms with E-state index in [-0.39, 0.29) is 52.8 Å². The standard InChI is InChI=1S/C28H37N3O3.C13H18N4O2/c1-27(2,3)22-17-19(18-23(25(22)33)28(4,5)6)7-8-24(32)31-15-11-20(12-16-31)26(34)30-21-9-13-29-14-10-21;14-12(18)9-17-7-3-10(4-8-17)13(19)16-11-1-5-15-6-2-11/h7-10,13-14,17-18,20,33H,11-12,15-16H2,1-6H3,(H,29,30,34);1-2,5-6,10H,3-4,7-9H2,(H2,14,18)(H,15,16,19)/b8-7+;. The zero-order valence-electron chi connectivity index (χ0n) is 31.9. The highest BCUT2D eigenvalue weighted by Crippen LogP contribution is 2.40. The van der Waals surface area contributed by atoms with Crippen molar-refractivity contribution in [2.75, 3.05) is 43.4 Å². The molecule has 284 valence electrons. The van der Waals surface area contributed by atoms with Crippen molar-refractivity contribution in [3.05, 3.63) is 84.0 Å². The minimum Gasteiger partial charge on any atom is -0.507 e. The van der Waals surface area contributed by atoms with Crippen LogP contribution in [0.4, 0.5) is 11.4 Å². The Morgan fingerprint density at radius 2 is 1.17 bits per heavy atom. The van der Waals surface area contributed by atoms with Crippen LogP contribution in [0.5, 0.6) is 5.75 Å². The molecule has 53 heavy (non-hydrogen) atoms. The molecule has 1 aromatic carbocycles. The van der Waals surface area contributed by atoms with Gasteiger partial charge in [-0.1, -0.05) is 41.5 Å². The third-order valence-electron chi connectivity index (χ3n) is 9.58. The molecule has 0 spiro atoms. The Kier molecular flexibility index (Phi) is 13.9. The van der Waals surface area contributed by atoms with Crippen LogP contribution >= 0.6 is 0 Å². The van der Waals surface area contributed by atoms with Crippen LogP contribution in [0.2, 0.25) is 0 Å². The molecule has 3 aromatic rings. The number of rotatable bonds is 8. The van der Waals surface area contributed by atoms with Gasteiger partial charge in [-0.15, -0.1) is 0 Å². The lowest BCUT2D eigenvalue weighted by molar-refractivity contribution is -0.130. The molecule has 0 bridgehead atoms. The molecule has 2 fully saturated rings. The largest absolute Gasteiger partial charge is 0.507 e. The first-order chi connectivity index (χ1) is 25.0. The fourth-order valence-electron chi connectivity index (χ4n) is 6.46. The number of amides is 4. The first kappa shape index (κ1) is 40.7. The van der Waals surface area contributed by atoms with Crippen LogP contribution in [0, 0.1) is 11.8 Å². The van der Waals surface area contributed by atoms with Gasteiger partial charge in [0.25, 0.3) is 0 Å². The number of phenolic OH excluding ortho intramolecular Hbond substituents is 1. The van der Waals surface area contributed by atoms with E-state index in [1.54, 1.807) is 60.0 Å². The summed E-state index contributed by atoms with van der Waals surface area (Å²) in [6, 6.07) is 11.0. The van der Waals surface area contributed by atoms with Crippen molar-refractivity contribution < 1.29 is 24.3 Å². The summed E-state index contributed by atoms with van der Waals surface area (Å²) in [5.41, 5.74) is 8.84. The van der Waals surface area contributed by atoms with E-state index in [2.05, 4.69) is 62.1 Å². The monoisotopic (exact) mass is 725 g/mol. The number of nitrogens with zero attached hydrogens (tertiary/aromatic N) is 4. The van der Waals surface area contributed by atoms with Crippen LogP contribution in [-0.4, -0.2) is 81.2 Å². The SMILES string of the molecule is CC(C)(C)c1cc(/C=C/C(=O)N2CCC(C(=O)Nc3ccncc3)CC2)cc(C(C)(C)C)c1O.NC(=O)CN1CCC(C(=O)Nc2ccncc2)CC1. The van der Waals surface area contributed by atoms with Gasteiger partial charge >= 0.3 is 0 Å². The quantitative estimate of drug-likeness (QED) is 0.221. The van der Waals surface area contributed by atoms with Crippen LogP contribution < -0.4 is 16.4 Å². The summed E-state index contributed by atoms with van der Waals surface area (Å²) >= 11 is 0. The number of benzene rings is 1. The maximum atomic E-state index is 12.9. The van der Waals surface area contributed by atoms with E-state index in [0.717, 1.165) is 54.0 Å². The molecule has 0 saturated carbocycles.